The van der Waals surface area contributed by atoms with Gasteiger partial charge in [0.25, 0.3) is 0 Å². The molecule has 0 saturated heterocycles. The molecule has 0 saturated carbocycles. The summed E-state index contributed by atoms with van der Waals surface area (Å²) in [6, 6.07) is 45.4. The van der Waals surface area contributed by atoms with E-state index in [0.29, 0.717) is 11.8 Å². The van der Waals surface area contributed by atoms with Crippen LogP contribution in [-0.2, 0) is 0 Å². The lowest BCUT2D eigenvalue weighted by Gasteiger charge is -2.43. The second-order valence-electron chi connectivity index (χ2n) is 10.2. The maximum Gasteiger partial charge on any atom is 0.105 e. The van der Waals surface area contributed by atoms with Crippen molar-refractivity contribution in [3.63, 3.8) is 0 Å². The molecule has 3 heteroatoms. The quantitative estimate of drug-likeness (QED) is 0.222. The number of rotatable bonds is 8. The average molecular weight is 517 g/mol. The number of hydrogen-bond donors (Lipinski definition) is 1. The molecule has 0 bridgehead atoms. The lowest BCUT2D eigenvalue weighted by atomic mass is 9.93. The molecule has 0 amide bonds. The number of benzene rings is 4. The molecule has 0 aliphatic rings. The summed E-state index contributed by atoms with van der Waals surface area (Å²) in [6.07, 6.45) is 0. The normalized spacial score (nSPS) is 12.1. The fourth-order valence-corrected chi connectivity index (χ4v) is 8.26. The van der Waals surface area contributed by atoms with Gasteiger partial charge in [0.15, 0.2) is 0 Å². The number of nitrogens with zero attached hydrogens (tertiary/aromatic N) is 1. The van der Waals surface area contributed by atoms with Crippen molar-refractivity contribution in [3.05, 3.63) is 139 Å². The zero-order valence-corrected chi connectivity index (χ0v) is 23.5. The van der Waals surface area contributed by atoms with Crippen LogP contribution in [0.4, 0.5) is 5.69 Å². The lowest BCUT2D eigenvalue weighted by molar-refractivity contribution is 0.839. The summed E-state index contributed by atoms with van der Waals surface area (Å²) in [5, 5.41) is 1.05. The second-order valence-corrected chi connectivity index (χ2v) is 13.0. The minimum Gasteiger partial charge on any atom is -0.334 e. The van der Waals surface area contributed by atoms with E-state index >= 15 is 0 Å². The van der Waals surface area contributed by atoms with Crippen molar-refractivity contribution in [2.75, 3.05) is 4.72 Å². The molecule has 5 rings (SSSR count). The molecule has 5 aromatic rings. The molecule has 1 N–H and O–H groups in total. The van der Waals surface area contributed by atoms with Crippen LogP contribution in [0.3, 0.4) is 0 Å². The van der Waals surface area contributed by atoms with Gasteiger partial charge in [0, 0.05) is 15.4 Å². The molecule has 0 spiro atoms. The van der Waals surface area contributed by atoms with Crippen molar-refractivity contribution in [2.24, 2.45) is 0 Å². The molecule has 0 aliphatic carbocycles. The van der Waals surface area contributed by atoms with E-state index in [1.54, 1.807) is 0 Å². The fraction of sp³-hybridized carbons (Fsp3) is 0.171. The highest BCUT2D eigenvalue weighted by atomic mass is 32.3. The van der Waals surface area contributed by atoms with Gasteiger partial charge < -0.3 is 4.72 Å². The highest BCUT2D eigenvalue weighted by Crippen LogP contribution is 2.67. The zero-order valence-electron chi connectivity index (χ0n) is 22.6. The Balaban J connectivity index is 1.84. The van der Waals surface area contributed by atoms with E-state index in [-0.39, 0.29) is 0 Å². The summed E-state index contributed by atoms with van der Waals surface area (Å²) in [7, 11) is -1.99. The molecular weight excluding hydrogens is 480 g/mol. The van der Waals surface area contributed by atoms with Crippen LogP contribution < -0.4 is 4.72 Å². The zero-order chi connectivity index (χ0) is 26.5. The second kappa shape index (κ2) is 11.3. The van der Waals surface area contributed by atoms with Crippen LogP contribution >= 0.6 is 10.2 Å². The van der Waals surface area contributed by atoms with E-state index in [4.69, 9.17) is 4.98 Å². The first-order valence-electron chi connectivity index (χ1n) is 13.4. The van der Waals surface area contributed by atoms with Crippen molar-refractivity contribution >= 4 is 15.9 Å². The average Bonchev–Trinajstić information content (AvgIpc) is 2.97. The van der Waals surface area contributed by atoms with Gasteiger partial charge in [-0.1, -0.05) is 129 Å². The van der Waals surface area contributed by atoms with Gasteiger partial charge in [-0.05, 0) is 59.4 Å². The standard InChI is InChI=1S/C35H36N2S/c1-26(2)31-22-14-23-32(27(3)4)35(31)37-38(29-18-10-6-11-19-29,30-20-12-7-13-21-30)34-25-15-24-33(36-34)28-16-8-5-9-17-28/h5-27,37H,1-4H3. The van der Waals surface area contributed by atoms with Crippen molar-refractivity contribution < 1.29 is 0 Å². The van der Waals surface area contributed by atoms with Gasteiger partial charge in [0.2, 0.25) is 0 Å². The highest BCUT2D eigenvalue weighted by Gasteiger charge is 2.34. The predicted molar refractivity (Wildman–Crippen MR) is 163 cm³/mol. The van der Waals surface area contributed by atoms with E-state index in [0.717, 1.165) is 16.3 Å². The molecule has 0 fully saturated rings. The summed E-state index contributed by atoms with van der Waals surface area (Å²) in [5.41, 5.74) is 5.99. The summed E-state index contributed by atoms with van der Waals surface area (Å²) >= 11 is 0. The maximum atomic E-state index is 5.39. The van der Waals surface area contributed by atoms with Crippen molar-refractivity contribution in [3.8, 4) is 11.3 Å². The number of aromatic nitrogens is 1. The van der Waals surface area contributed by atoms with Crippen LogP contribution in [0.1, 0.15) is 50.7 Å². The van der Waals surface area contributed by atoms with Crippen molar-refractivity contribution in [1.82, 2.24) is 4.98 Å². The van der Waals surface area contributed by atoms with E-state index in [1.165, 1.54) is 26.6 Å². The van der Waals surface area contributed by atoms with Crippen molar-refractivity contribution in [2.45, 2.75) is 54.3 Å². The molecule has 0 radical (unpaired) electrons. The summed E-state index contributed by atoms with van der Waals surface area (Å²) in [4.78, 5) is 7.86. The third-order valence-electron chi connectivity index (χ3n) is 6.93. The summed E-state index contributed by atoms with van der Waals surface area (Å²) in [5.74, 6) is 0.756. The number of pyridine rings is 1. The van der Waals surface area contributed by atoms with Crippen LogP contribution in [-0.4, -0.2) is 4.98 Å². The van der Waals surface area contributed by atoms with E-state index in [1.807, 2.05) is 0 Å². The van der Waals surface area contributed by atoms with Gasteiger partial charge in [-0.25, -0.2) is 4.98 Å². The molecule has 0 aliphatic heterocycles. The highest BCUT2D eigenvalue weighted by molar-refractivity contribution is 8.34. The molecular formula is C35H36N2S. The van der Waals surface area contributed by atoms with Gasteiger partial charge in [-0.3, -0.25) is 0 Å². The Kier molecular flexibility index (Phi) is 7.67. The Morgan fingerprint density at radius 2 is 1.00 bits per heavy atom. The number of hydrogen-bond acceptors (Lipinski definition) is 2. The number of nitrogens with one attached hydrogen (secondary N) is 1. The Labute approximate surface area is 229 Å². The minimum absolute atomic E-state index is 0.378. The first-order valence-corrected chi connectivity index (χ1v) is 15.0. The first-order chi connectivity index (χ1) is 18.5. The third kappa shape index (κ3) is 4.99. The minimum atomic E-state index is -1.99. The van der Waals surface area contributed by atoms with E-state index in [9.17, 15) is 0 Å². The van der Waals surface area contributed by atoms with Gasteiger partial charge in [-0.2, -0.15) is 0 Å². The largest absolute Gasteiger partial charge is 0.334 e. The van der Waals surface area contributed by atoms with Crippen LogP contribution in [0.25, 0.3) is 11.3 Å². The molecule has 2 nitrogen and oxygen atoms in total. The SMILES string of the molecule is CC(C)c1cccc(C(C)C)c1NS(c1ccccc1)(c1ccccc1)c1cccc(-c2ccccc2)n1. The maximum absolute atomic E-state index is 5.39. The summed E-state index contributed by atoms with van der Waals surface area (Å²) < 4.78 is 4.24. The Morgan fingerprint density at radius 1 is 0.526 bits per heavy atom. The number of anilines is 1. The number of para-hydroxylation sites is 1. The smallest absolute Gasteiger partial charge is 0.105 e. The van der Waals surface area contributed by atoms with Crippen LogP contribution in [0.2, 0.25) is 0 Å². The van der Waals surface area contributed by atoms with Crippen LogP contribution in [0.5, 0.6) is 0 Å². The van der Waals surface area contributed by atoms with Gasteiger partial charge >= 0.3 is 0 Å². The van der Waals surface area contributed by atoms with Crippen molar-refractivity contribution in [1.29, 1.82) is 0 Å². The van der Waals surface area contributed by atoms with Gasteiger partial charge in [0.1, 0.15) is 5.03 Å². The Morgan fingerprint density at radius 3 is 1.50 bits per heavy atom. The summed E-state index contributed by atoms with van der Waals surface area (Å²) in [6.45, 7) is 9.11. The Hall–Kier alpha value is -3.82. The molecule has 4 aromatic carbocycles. The molecule has 38 heavy (non-hydrogen) atoms. The molecule has 0 atom stereocenters. The topological polar surface area (TPSA) is 24.9 Å². The molecule has 1 aromatic heterocycles. The van der Waals surface area contributed by atoms with Gasteiger partial charge in [0.05, 0.1) is 11.4 Å². The van der Waals surface area contributed by atoms with E-state index < -0.39 is 10.2 Å². The van der Waals surface area contributed by atoms with Crippen LogP contribution in [0, 0.1) is 0 Å². The lowest BCUT2D eigenvalue weighted by Crippen LogP contribution is -2.17. The third-order valence-corrected chi connectivity index (χ3v) is 10.3. The van der Waals surface area contributed by atoms with Crippen LogP contribution in [0.15, 0.2) is 142 Å². The van der Waals surface area contributed by atoms with E-state index in [2.05, 4.69) is 160 Å². The molecule has 192 valence electrons. The monoisotopic (exact) mass is 516 g/mol. The fourth-order valence-electron chi connectivity index (χ4n) is 4.97. The first kappa shape index (κ1) is 25.8. The van der Waals surface area contributed by atoms with Gasteiger partial charge in [-0.15, -0.1) is 0 Å². The predicted octanol–water partition coefficient (Wildman–Crippen LogP) is 10.3. The molecule has 0 unspecified atom stereocenters. The Bertz CT molecular complexity index is 1410. The molecule has 1 heterocycles.